The highest BCUT2D eigenvalue weighted by molar-refractivity contribution is 5.91. The molecule has 1 unspecified atom stereocenters. The number of hydrogen-bond donors (Lipinski definition) is 0. The van der Waals surface area contributed by atoms with Crippen molar-refractivity contribution in [3.63, 3.8) is 0 Å². The molecule has 2 rings (SSSR count). The van der Waals surface area contributed by atoms with Crippen molar-refractivity contribution in [2.24, 2.45) is 16.7 Å². The van der Waals surface area contributed by atoms with Crippen LogP contribution in [0, 0.1) is 16.7 Å². The van der Waals surface area contributed by atoms with E-state index in [1.165, 1.54) is 0 Å². The first-order chi connectivity index (χ1) is 7.80. The van der Waals surface area contributed by atoms with Crippen LogP contribution < -0.4 is 0 Å². The van der Waals surface area contributed by atoms with Gasteiger partial charge < -0.3 is 0 Å². The molecule has 0 bridgehead atoms. The largest absolute Gasteiger partial charge is 0.299 e. The van der Waals surface area contributed by atoms with Crippen molar-refractivity contribution < 1.29 is 4.79 Å². The molecule has 1 atom stereocenters. The predicted octanol–water partition coefficient (Wildman–Crippen LogP) is 3.44. The number of carbonyl (C=O) groups is 1. The normalized spacial score (nSPS) is 23.1. The lowest BCUT2D eigenvalue weighted by atomic mass is 9.91. The monoisotopic (exact) mass is 231 g/mol. The smallest absolute Gasteiger partial charge is 0.144 e. The molecule has 0 amide bonds. The molecule has 17 heavy (non-hydrogen) atoms. The van der Waals surface area contributed by atoms with E-state index in [0.29, 0.717) is 5.78 Å². The summed E-state index contributed by atoms with van der Waals surface area (Å²) in [4.78, 5) is 16.5. The van der Waals surface area contributed by atoms with Crippen LogP contribution in [0.1, 0.15) is 46.1 Å². The van der Waals surface area contributed by atoms with Gasteiger partial charge in [0.15, 0.2) is 0 Å². The maximum Gasteiger partial charge on any atom is 0.144 e. The number of nitrogens with zero attached hydrogens (tertiary/aromatic N) is 1. The van der Waals surface area contributed by atoms with E-state index in [-0.39, 0.29) is 22.7 Å². The molecule has 2 heteroatoms. The Kier molecular flexibility index (Phi) is 2.64. The molecule has 0 saturated heterocycles. The highest BCUT2D eigenvalue weighted by atomic mass is 16.1. The van der Waals surface area contributed by atoms with Crippen molar-refractivity contribution in [3.05, 3.63) is 30.1 Å². The zero-order valence-corrected chi connectivity index (χ0v) is 11.3. The standard InChI is InChI=1S/C15H21NO/c1-10(11-6-8-16-9-7-11)12(17)13-14(2,3)15(13,4)5/h6-10,13H,1-5H3. The van der Waals surface area contributed by atoms with E-state index in [4.69, 9.17) is 0 Å². The number of ketones is 1. The summed E-state index contributed by atoms with van der Waals surface area (Å²) < 4.78 is 0. The van der Waals surface area contributed by atoms with Gasteiger partial charge in [-0.2, -0.15) is 0 Å². The van der Waals surface area contributed by atoms with Crippen LogP contribution in [0.2, 0.25) is 0 Å². The molecule has 2 nitrogen and oxygen atoms in total. The maximum absolute atomic E-state index is 12.5. The molecule has 1 fully saturated rings. The third kappa shape index (κ3) is 1.70. The highest BCUT2D eigenvalue weighted by Gasteiger charge is 2.68. The average molecular weight is 231 g/mol. The second kappa shape index (κ2) is 3.66. The Morgan fingerprint density at radius 2 is 1.65 bits per heavy atom. The SMILES string of the molecule is CC(C(=O)C1C(C)(C)C1(C)C)c1ccncc1. The summed E-state index contributed by atoms with van der Waals surface area (Å²) in [5.74, 6) is 0.522. The van der Waals surface area contributed by atoms with E-state index in [2.05, 4.69) is 32.7 Å². The van der Waals surface area contributed by atoms with Crippen LogP contribution in [-0.2, 0) is 4.79 Å². The van der Waals surface area contributed by atoms with Gasteiger partial charge in [-0.05, 0) is 28.5 Å². The van der Waals surface area contributed by atoms with Crippen molar-refractivity contribution >= 4 is 5.78 Å². The number of Topliss-reactive ketones (excluding diaryl/α,β-unsaturated/α-hetero) is 1. The number of hydrogen-bond acceptors (Lipinski definition) is 2. The fourth-order valence-corrected chi connectivity index (χ4v) is 2.97. The van der Waals surface area contributed by atoms with E-state index in [0.717, 1.165) is 5.56 Å². The molecule has 0 spiro atoms. The van der Waals surface area contributed by atoms with Gasteiger partial charge in [-0.1, -0.05) is 34.6 Å². The topological polar surface area (TPSA) is 30.0 Å². The van der Waals surface area contributed by atoms with Crippen LogP contribution in [-0.4, -0.2) is 10.8 Å². The molecule has 0 N–H and O–H groups in total. The van der Waals surface area contributed by atoms with Gasteiger partial charge in [0.1, 0.15) is 5.78 Å². The quantitative estimate of drug-likeness (QED) is 0.797. The van der Waals surface area contributed by atoms with E-state index in [9.17, 15) is 4.79 Å². The van der Waals surface area contributed by atoms with Gasteiger partial charge in [-0.3, -0.25) is 9.78 Å². The second-order valence-corrected chi connectivity index (χ2v) is 6.28. The summed E-state index contributed by atoms with van der Waals surface area (Å²) in [6, 6.07) is 3.87. The molecule has 92 valence electrons. The van der Waals surface area contributed by atoms with E-state index < -0.39 is 0 Å². The van der Waals surface area contributed by atoms with E-state index in [1.807, 2.05) is 19.1 Å². The third-order valence-corrected chi connectivity index (χ3v) is 4.94. The Balaban J connectivity index is 2.19. The van der Waals surface area contributed by atoms with Gasteiger partial charge in [0.05, 0.1) is 0 Å². The molecule has 0 aromatic carbocycles. The van der Waals surface area contributed by atoms with Gasteiger partial charge in [0.2, 0.25) is 0 Å². The molecule has 0 aliphatic heterocycles. The van der Waals surface area contributed by atoms with Crippen molar-refractivity contribution in [2.45, 2.75) is 40.5 Å². The molecule has 1 aliphatic rings. The number of aromatic nitrogens is 1. The van der Waals surface area contributed by atoms with Crippen LogP contribution in [0.4, 0.5) is 0 Å². The zero-order chi connectivity index (χ0) is 12.8. The van der Waals surface area contributed by atoms with Crippen molar-refractivity contribution in [2.75, 3.05) is 0 Å². The summed E-state index contributed by atoms with van der Waals surface area (Å²) in [6.45, 7) is 10.8. The van der Waals surface area contributed by atoms with Crippen LogP contribution in [0.5, 0.6) is 0 Å². The van der Waals surface area contributed by atoms with Crippen molar-refractivity contribution in [1.29, 1.82) is 0 Å². The molecule has 1 saturated carbocycles. The summed E-state index contributed by atoms with van der Waals surface area (Å²) in [7, 11) is 0. The number of pyridine rings is 1. The molecule has 1 heterocycles. The minimum Gasteiger partial charge on any atom is -0.299 e. The van der Waals surface area contributed by atoms with Gasteiger partial charge in [-0.25, -0.2) is 0 Å². The molecular weight excluding hydrogens is 210 g/mol. The fraction of sp³-hybridized carbons (Fsp3) is 0.600. The zero-order valence-electron chi connectivity index (χ0n) is 11.3. The summed E-state index contributed by atoms with van der Waals surface area (Å²) in [6.07, 6.45) is 3.50. The first-order valence-corrected chi connectivity index (χ1v) is 6.24. The predicted molar refractivity (Wildman–Crippen MR) is 68.7 cm³/mol. The van der Waals surface area contributed by atoms with Gasteiger partial charge >= 0.3 is 0 Å². The lowest BCUT2D eigenvalue weighted by Gasteiger charge is -2.11. The summed E-state index contributed by atoms with van der Waals surface area (Å²) >= 11 is 0. The Morgan fingerprint density at radius 3 is 2.06 bits per heavy atom. The Hall–Kier alpha value is -1.18. The Morgan fingerprint density at radius 1 is 1.18 bits per heavy atom. The maximum atomic E-state index is 12.5. The molecule has 1 aromatic heterocycles. The Bertz CT molecular complexity index is 419. The van der Waals surface area contributed by atoms with Crippen LogP contribution in [0.25, 0.3) is 0 Å². The number of rotatable bonds is 3. The molecule has 1 aromatic rings. The first kappa shape index (κ1) is 12.3. The molecule has 0 radical (unpaired) electrons. The van der Waals surface area contributed by atoms with Gasteiger partial charge in [0, 0.05) is 24.2 Å². The summed E-state index contributed by atoms with van der Waals surface area (Å²) in [5.41, 5.74) is 1.33. The first-order valence-electron chi connectivity index (χ1n) is 6.24. The molecular formula is C15H21NO. The van der Waals surface area contributed by atoms with Crippen LogP contribution >= 0.6 is 0 Å². The molecule has 1 aliphatic carbocycles. The van der Waals surface area contributed by atoms with Crippen LogP contribution in [0.15, 0.2) is 24.5 Å². The average Bonchev–Trinajstić information content (AvgIpc) is 2.69. The summed E-state index contributed by atoms with van der Waals surface area (Å²) in [5, 5.41) is 0. The van der Waals surface area contributed by atoms with Crippen LogP contribution in [0.3, 0.4) is 0 Å². The van der Waals surface area contributed by atoms with Crippen molar-refractivity contribution in [1.82, 2.24) is 4.98 Å². The lowest BCUT2D eigenvalue weighted by Crippen LogP contribution is -2.15. The highest BCUT2D eigenvalue weighted by Crippen LogP contribution is 2.69. The van der Waals surface area contributed by atoms with E-state index in [1.54, 1.807) is 12.4 Å². The minimum atomic E-state index is -0.0240. The van der Waals surface area contributed by atoms with Gasteiger partial charge in [0.25, 0.3) is 0 Å². The minimum absolute atomic E-state index is 0.0240. The third-order valence-electron chi connectivity index (χ3n) is 4.94. The van der Waals surface area contributed by atoms with Crippen molar-refractivity contribution in [3.8, 4) is 0 Å². The lowest BCUT2D eigenvalue weighted by molar-refractivity contribution is -0.122. The Labute approximate surface area is 103 Å². The second-order valence-electron chi connectivity index (χ2n) is 6.28. The van der Waals surface area contributed by atoms with Gasteiger partial charge in [-0.15, -0.1) is 0 Å². The van der Waals surface area contributed by atoms with E-state index >= 15 is 0 Å². The number of carbonyl (C=O) groups excluding carboxylic acids is 1. The fourth-order valence-electron chi connectivity index (χ4n) is 2.97.